The molecule has 0 unspecified atom stereocenters. The Bertz CT molecular complexity index is 401. The molecule has 0 radical (unpaired) electrons. The third-order valence-electron chi connectivity index (χ3n) is 2.18. The van der Waals surface area contributed by atoms with Crippen LogP contribution in [0.5, 0.6) is 0 Å². The highest BCUT2D eigenvalue weighted by Gasteiger charge is 1.99. The molecule has 3 N–H and O–H groups in total. The van der Waals surface area contributed by atoms with E-state index in [4.69, 9.17) is 5.73 Å². The summed E-state index contributed by atoms with van der Waals surface area (Å²) in [5, 5.41) is 1.26. The van der Waals surface area contributed by atoms with Crippen molar-refractivity contribution >= 4 is 10.9 Å². The Hall–Kier alpha value is -1.28. The van der Waals surface area contributed by atoms with E-state index in [0.29, 0.717) is 0 Å². The van der Waals surface area contributed by atoms with Crippen LogP contribution in [-0.4, -0.2) is 11.0 Å². The molecular weight excluding hydrogens is 160 g/mol. The van der Waals surface area contributed by atoms with E-state index < -0.39 is 0 Å². The summed E-state index contributed by atoms with van der Waals surface area (Å²) in [6, 6.07) is 8.74. The highest BCUT2D eigenvalue weighted by atomic mass is 14.7. The number of fused-ring (bicyclic) bond motifs is 1. The van der Waals surface area contributed by atoms with Gasteiger partial charge in [-0.15, -0.1) is 0 Å². The molecule has 13 heavy (non-hydrogen) atoms. The lowest BCUT2D eigenvalue weighted by Gasteiger charge is -2.04. The Morgan fingerprint density at radius 3 is 3.00 bits per heavy atom. The average molecular weight is 174 g/mol. The Labute approximate surface area is 77.8 Å². The van der Waals surface area contributed by atoms with Crippen LogP contribution in [0, 0.1) is 0 Å². The summed E-state index contributed by atoms with van der Waals surface area (Å²) >= 11 is 0. The lowest BCUT2D eigenvalue weighted by Crippen LogP contribution is -2.17. The predicted octanol–water partition coefficient (Wildman–Crippen LogP) is 2.06. The summed E-state index contributed by atoms with van der Waals surface area (Å²) in [5.41, 5.74) is 8.23. The topological polar surface area (TPSA) is 41.8 Å². The maximum Gasteiger partial charge on any atom is 0.0454 e. The van der Waals surface area contributed by atoms with Gasteiger partial charge in [-0.2, -0.15) is 0 Å². The molecule has 1 aromatic heterocycles. The normalized spacial score (nSPS) is 13.4. The molecule has 0 amide bonds. The number of nitrogens with two attached hydrogens (primary N) is 1. The summed E-state index contributed by atoms with van der Waals surface area (Å²) in [6.45, 7) is 2.03. The summed E-state index contributed by atoms with van der Waals surface area (Å²) in [5.74, 6) is 0. The van der Waals surface area contributed by atoms with Crippen molar-refractivity contribution < 1.29 is 0 Å². The van der Waals surface area contributed by atoms with Crippen molar-refractivity contribution in [3.05, 3.63) is 36.0 Å². The van der Waals surface area contributed by atoms with Gasteiger partial charge in [0.25, 0.3) is 0 Å². The average Bonchev–Trinajstić information content (AvgIpc) is 2.49. The van der Waals surface area contributed by atoms with Crippen LogP contribution in [-0.2, 0) is 6.42 Å². The van der Waals surface area contributed by atoms with Gasteiger partial charge in [0.15, 0.2) is 0 Å². The lowest BCUT2D eigenvalue weighted by molar-refractivity contribution is 0.739. The zero-order valence-electron chi connectivity index (χ0n) is 7.75. The molecule has 1 atom stereocenters. The van der Waals surface area contributed by atoms with Crippen molar-refractivity contribution in [2.45, 2.75) is 19.4 Å². The third kappa shape index (κ3) is 1.73. The van der Waals surface area contributed by atoms with Crippen LogP contribution in [0.25, 0.3) is 10.9 Å². The molecule has 0 saturated heterocycles. The quantitative estimate of drug-likeness (QED) is 0.719. The van der Waals surface area contributed by atoms with E-state index in [1.54, 1.807) is 0 Å². The van der Waals surface area contributed by atoms with Crippen molar-refractivity contribution in [3.63, 3.8) is 0 Å². The molecule has 68 valence electrons. The van der Waals surface area contributed by atoms with E-state index in [1.165, 1.54) is 16.5 Å². The van der Waals surface area contributed by atoms with E-state index in [0.717, 1.165) is 6.42 Å². The van der Waals surface area contributed by atoms with Crippen molar-refractivity contribution in [1.29, 1.82) is 0 Å². The van der Waals surface area contributed by atoms with Crippen LogP contribution < -0.4 is 5.73 Å². The third-order valence-corrected chi connectivity index (χ3v) is 2.18. The molecule has 0 aliphatic carbocycles. The van der Waals surface area contributed by atoms with E-state index in [-0.39, 0.29) is 6.04 Å². The number of aromatic amines is 1. The van der Waals surface area contributed by atoms with Crippen LogP contribution in [0.3, 0.4) is 0 Å². The van der Waals surface area contributed by atoms with E-state index >= 15 is 0 Å². The molecule has 0 spiro atoms. The first kappa shape index (κ1) is 8.32. The predicted molar refractivity (Wildman–Crippen MR) is 55.7 cm³/mol. The number of benzene rings is 1. The Balaban J connectivity index is 2.37. The maximum atomic E-state index is 5.74. The molecular formula is C11H14N2. The monoisotopic (exact) mass is 174 g/mol. The van der Waals surface area contributed by atoms with Crippen molar-refractivity contribution in [3.8, 4) is 0 Å². The standard InChI is InChI=1S/C11H14N2/c1-8(12)6-9-2-3-11-10(7-9)4-5-13-11/h2-5,7-8,13H,6,12H2,1H3/t8-/m0/s1. The molecule has 0 saturated carbocycles. The first-order valence-electron chi connectivity index (χ1n) is 4.57. The fraction of sp³-hybridized carbons (Fsp3) is 0.273. The van der Waals surface area contributed by atoms with Crippen molar-refractivity contribution in [1.82, 2.24) is 4.98 Å². The SMILES string of the molecule is C[C@H](N)Cc1ccc2[nH]ccc2c1. The number of aromatic nitrogens is 1. The minimum Gasteiger partial charge on any atom is -0.361 e. The lowest BCUT2D eigenvalue weighted by atomic mass is 10.1. The Morgan fingerprint density at radius 2 is 2.23 bits per heavy atom. The van der Waals surface area contributed by atoms with Crippen LogP contribution in [0.4, 0.5) is 0 Å². The van der Waals surface area contributed by atoms with Gasteiger partial charge in [0, 0.05) is 17.8 Å². The molecule has 0 aliphatic rings. The van der Waals surface area contributed by atoms with Crippen LogP contribution in [0.2, 0.25) is 0 Å². The molecule has 2 nitrogen and oxygen atoms in total. The maximum absolute atomic E-state index is 5.74. The van der Waals surface area contributed by atoms with Gasteiger partial charge in [0.1, 0.15) is 0 Å². The zero-order chi connectivity index (χ0) is 9.26. The van der Waals surface area contributed by atoms with Crippen LogP contribution in [0.1, 0.15) is 12.5 Å². The van der Waals surface area contributed by atoms with E-state index in [2.05, 4.69) is 29.2 Å². The van der Waals surface area contributed by atoms with E-state index in [9.17, 15) is 0 Å². The van der Waals surface area contributed by atoms with Gasteiger partial charge in [-0.25, -0.2) is 0 Å². The number of hydrogen-bond donors (Lipinski definition) is 2. The summed E-state index contributed by atoms with van der Waals surface area (Å²) < 4.78 is 0. The van der Waals surface area contributed by atoms with E-state index in [1.807, 2.05) is 13.1 Å². The van der Waals surface area contributed by atoms with Gasteiger partial charge in [-0.3, -0.25) is 0 Å². The summed E-state index contributed by atoms with van der Waals surface area (Å²) in [7, 11) is 0. The molecule has 0 fully saturated rings. The first-order valence-corrected chi connectivity index (χ1v) is 4.57. The Morgan fingerprint density at radius 1 is 1.38 bits per heavy atom. The van der Waals surface area contributed by atoms with Crippen molar-refractivity contribution in [2.24, 2.45) is 5.73 Å². The summed E-state index contributed by atoms with van der Waals surface area (Å²) in [4.78, 5) is 3.17. The second-order valence-corrected chi connectivity index (χ2v) is 3.58. The molecule has 2 heteroatoms. The molecule has 0 aliphatic heterocycles. The first-order chi connectivity index (χ1) is 6.25. The Kier molecular flexibility index (Phi) is 2.07. The van der Waals surface area contributed by atoms with Gasteiger partial charge in [0.2, 0.25) is 0 Å². The minimum absolute atomic E-state index is 0.233. The molecule has 1 aromatic carbocycles. The van der Waals surface area contributed by atoms with Crippen molar-refractivity contribution in [2.75, 3.05) is 0 Å². The highest BCUT2D eigenvalue weighted by molar-refractivity contribution is 5.79. The fourth-order valence-corrected chi connectivity index (χ4v) is 1.60. The second kappa shape index (κ2) is 3.23. The summed E-state index contributed by atoms with van der Waals surface area (Å²) in [6.07, 6.45) is 2.90. The highest BCUT2D eigenvalue weighted by Crippen LogP contribution is 2.14. The number of nitrogens with one attached hydrogen (secondary N) is 1. The van der Waals surface area contributed by atoms with Crippen LogP contribution >= 0.6 is 0 Å². The molecule has 0 bridgehead atoms. The van der Waals surface area contributed by atoms with Gasteiger partial charge < -0.3 is 10.7 Å². The number of hydrogen-bond acceptors (Lipinski definition) is 1. The number of H-pyrrole nitrogens is 1. The minimum atomic E-state index is 0.233. The fourth-order valence-electron chi connectivity index (χ4n) is 1.60. The van der Waals surface area contributed by atoms with Gasteiger partial charge in [-0.05, 0) is 42.5 Å². The molecule has 2 rings (SSSR count). The second-order valence-electron chi connectivity index (χ2n) is 3.58. The molecule has 2 aromatic rings. The van der Waals surface area contributed by atoms with Gasteiger partial charge >= 0.3 is 0 Å². The zero-order valence-corrected chi connectivity index (χ0v) is 7.75. The number of rotatable bonds is 2. The van der Waals surface area contributed by atoms with Crippen LogP contribution in [0.15, 0.2) is 30.5 Å². The smallest absolute Gasteiger partial charge is 0.0454 e. The van der Waals surface area contributed by atoms with Gasteiger partial charge in [-0.1, -0.05) is 6.07 Å². The largest absolute Gasteiger partial charge is 0.361 e. The molecule has 1 heterocycles. The van der Waals surface area contributed by atoms with Gasteiger partial charge in [0.05, 0.1) is 0 Å².